The van der Waals surface area contributed by atoms with Crippen molar-refractivity contribution in [3.05, 3.63) is 10.1 Å². The number of hydrogen-bond acceptors (Lipinski definition) is 5. The van der Waals surface area contributed by atoms with E-state index in [4.69, 9.17) is 9.47 Å². The first-order valence-corrected chi connectivity index (χ1v) is 5.16. The number of hydrogen-bond donors (Lipinski definition) is 0. The summed E-state index contributed by atoms with van der Waals surface area (Å²) < 4.78 is 10.6. The predicted molar refractivity (Wildman–Crippen MR) is 55.3 cm³/mol. The lowest BCUT2D eigenvalue weighted by molar-refractivity contribution is -0.483. The molecule has 0 radical (unpaired) electrons. The summed E-state index contributed by atoms with van der Waals surface area (Å²) in [4.78, 5) is 21.4. The van der Waals surface area contributed by atoms with Crippen molar-refractivity contribution in [2.45, 2.75) is 46.0 Å². The van der Waals surface area contributed by atoms with Crippen LogP contribution in [0.15, 0.2) is 0 Å². The molecule has 0 aromatic heterocycles. The molecule has 0 aromatic carbocycles. The van der Waals surface area contributed by atoms with E-state index >= 15 is 0 Å². The number of carbonyl (C=O) groups is 1. The molecule has 1 aliphatic rings. The van der Waals surface area contributed by atoms with Crippen LogP contribution in [0.25, 0.3) is 0 Å². The van der Waals surface area contributed by atoms with E-state index in [9.17, 15) is 14.9 Å². The van der Waals surface area contributed by atoms with Gasteiger partial charge in [-0.2, -0.15) is 0 Å². The molecule has 6 nitrogen and oxygen atoms in total. The van der Waals surface area contributed by atoms with E-state index in [0.717, 1.165) is 0 Å². The topological polar surface area (TPSA) is 78.7 Å². The fourth-order valence-electron chi connectivity index (χ4n) is 1.35. The van der Waals surface area contributed by atoms with E-state index in [1.807, 2.05) is 20.8 Å². The molecule has 1 aliphatic heterocycles. The lowest BCUT2D eigenvalue weighted by Gasteiger charge is -2.25. The van der Waals surface area contributed by atoms with E-state index in [1.54, 1.807) is 0 Å². The van der Waals surface area contributed by atoms with Gasteiger partial charge >= 0.3 is 5.97 Å². The molecule has 0 bridgehead atoms. The lowest BCUT2D eigenvalue weighted by atomic mass is 9.96. The summed E-state index contributed by atoms with van der Waals surface area (Å²) >= 11 is 0. The fourth-order valence-corrected chi connectivity index (χ4v) is 1.35. The van der Waals surface area contributed by atoms with Crippen molar-refractivity contribution in [2.24, 2.45) is 5.41 Å². The first-order chi connectivity index (χ1) is 7.15. The number of ether oxygens (including phenoxy) is 2. The summed E-state index contributed by atoms with van der Waals surface area (Å²) in [5, 5.41) is 10.3. The molecule has 2 atom stereocenters. The standard InChI is InChI=1S/C10H17NO5/c1-9(2,3)8-15-7(12)10(4,16-8)5-6-11(13)14/h8H,5-6H2,1-4H3. The number of esters is 1. The molecule has 2 unspecified atom stereocenters. The molecule has 0 saturated carbocycles. The molecule has 0 N–H and O–H groups in total. The third-order valence-corrected chi connectivity index (χ3v) is 2.49. The number of nitro groups is 1. The van der Waals surface area contributed by atoms with Crippen molar-refractivity contribution in [2.75, 3.05) is 6.54 Å². The molecule has 16 heavy (non-hydrogen) atoms. The molecule has 1 rings (SSSR count). The molecule has 92 valence electrons. The summed E-state index contributed by atoms with van der Waals surface area (Å²) in [5.74, 6) is -0.519. The van der Waals surface area contributed by atoms with Gasteiger partial charge in [0.2, 0.25) is 12.8 Å². The third-order valence-electron chi connectivity index (χ3n) is 2.49. The zero-order chi connectivity index (χ0) is 12.6. The van der Waals surface area contributed by atoms with Gasteiger partial charge in [0.25, 0.3) is 0 Å². The van der Waals surface area contributed by atoms with Crippen molar-refractivity contribution in [3.63, 3.8) is 0 Å². The SMILES string of the molecule is CC1(CC[N+](=O)[O-])OC(C(C)(C)C)OC1=O. The predicted octanol–water partition coefficient (Wildman–Crippen LogP) is 1.36. The Labute approximate surface area is 94.1 Å². The Morgan fingerprint density at radius 3 is 2.44 bits per heavy atom. The van der Waals surface area contributed by atoms with Crippen LogP contribution in [0, 0.1) is 15.5 Å². The zero-order valence-electron chi connectivity index (χ0n) is 9.98. The number of nitrogens with zero attached hydrogens (tertiary/aromatic N) is 1. The second-order valence-electron chi connectivity index (χ2n) is 5.26. The van der Waals surface area contributed by atoms with Crippen LogP contribution in [0.5, 0.6) is 0 Å². The first kappa shape index (κ1) is 12.9. The Morgan fingerprint density at radius 2 is 2.06 bits per heavy atom. The van der Waals surface area contributed by atoms with Gasteiger partial charge in [0, 0.05) is 10.3 Å². The molecule has 1 fully saturated rings. The highest BCUT2D eigenvalue weighted by atomic mass is 16.8. The number of cyclic esters (lactones) is 1. The van der Waals surface area contributed by atoms with Gasteiger partial charge in [-0.3, -0.25) is 10.1 Å². The molecule has 6 heteroatoms. The van der Waals surface area contributed by atoms with Crippen molar-refractivity contribution in [3.8, 4) is 0 Å². The van der Waals surface area contributed by atoms with Gasteiger partial charge in [0.05, 0.1) is 6.42 Å². The quantitative estimate of drug-likeness (QED) is 0.416. The minimum absolute atomic E-state index is 0.0331. The highest BCUT2D eigenvalue weighted by Gasteiger charge is 2.50. The maximum Gasteiger partial charge on any atom is 0.340 e. The summed E-state index contributed by atoms with van der Waals surface area (Å²) in [5.41, 5.74) is -1.52. The minimum atomic E-state index is -1.19. The molecule has 0 aliphatic carbocycles. The summed E-state index contributed by atoms with van der Waals surface area (Å²) in [7, 11) is 0. The Bertz CT molecular complexity index is 309. The molecule has 1 saturated heterocycles. The van der Waals surface area contributed by atoms with Gasteiger partial charge in [-0.25, -0.2) is 4.79 Å². The number of rotatable bonds is 3. The van der Waals surface area contributed by atoms with Crippen LogP contribution >= 0.6 is 0 Å². The Hall–Kier alpha value is -1.17. The van der Waals surface area contributed by atoms with Gasteiger partial charge < -0.3 is 9.47 Å². The second kappa shape index (κ2) is 4.01. The zero-order valence-corrected chi connectivity index (χ0v) is 9.98. The molecule has 0 amide bonds. The van der Waals surface area contributed by atoms with Crippen LogP contribution in [-0.4, -0.2) is 29.3 Å². The van der Waals surface area contributed by atoms with Gasteiger partial charge in [-0.15, -0.1) is 0 Å². The van der Waals surface area contributed by atoms with Crippen molar-refractivity contribution in [1.82, 2.24) is 0 Å². The average molecular weight is 231 g/mol. The van der Waals surface area contributed by atoms with Crippen molar-refractivity contribution < 1.29 is 19.2 Å². The summed E-state index contributed by atoms with van der Waals surface area (Å²) in [6.45, 7) is 6.87. The van der Waals surface area contributed by atoms with Gasteiger partial charge in [0.15, 0.2) is 5.60 Å². The molecular weight excluding hydrogens is 214 g/mol. The average Bonchev–Trinajstić information content (AvgIpc) is 2.40. The third kappa shape index (κ3) is 2.69. The summed E-state index contributed by atoms with van der Waals surface area (Å²) in [6.07, 6.45) is -0.609. The van der Waals surface area contributed by atoms with Crippen LogP contribution in [0.4, 0.5) is 0 Å². The summed E-state index contributed by atoms with van der Waals surface area (Å²) in [6, 6.07) is 0. The fraction of sp³-hybridized carbons (Fsp3) is 0.900. The van der Waals surface area contributed by atoms with Crippen molar-refractivity contribution >= 4 is 5.97 Å². The lowest BCUT2D eigenvalue weighted by Crippen LogP contribution is -2.36. The van der Waals surface area contributed by atoms with Gasteiger partial charge in [0.1, 0.15) is 0 Å². The van der Waals surface area contributed by atoms with E-state index in [0.29, 0.717) is 0 Å². The Morgan fingerprint density at radius 1 is 1.50 bits per heavy atom. The second-order valence-corrected chi connectivity index (χ2v) is 5.26. The Kier molecular flexibility index (Phi) is 3.23. The highest BCUT2D eigenvalue weighted by Crippen LogP contribution is 2.36. The number of carbonyl (C=O) groups excluding carboxylic acids is 1. The molecule has 0 aromatic rings. The van der Waals surface area contributed by atoms with Crippen LogP contribution in [0.3, 0.4) is 0 Å². The van der Waals surface area contributed by atoms with Crippen LogP contribution in [-0.2, 0) is 14.3 Å². The largest absolute Gasteiger partial charge is 0.433 e. The first-order valence-electron chi connectivity index (χ1n) is 5.16. The molecule has 1 heterocycles. The smallest absolute Gasteiger partial charge is 0.340 e. The van der Waals surface area contributed by atoms with E-state index in [2.05, 4.69) is 0 Å². The maximum absolute atomic E-state index is 11.6. The minimum Gasteiger partial charge on any atom is -0.433 e. The van der Waals surface area contributed by atoms with Crippen LogP contribution in [0.1, 0.15) is 34.1 Å². The van der Waals surface area contributed by atoms with E-state index in [-0.39, 0.29) is 18.4 Å². The van der Waals surface area contributed by atoms with Crippen molar-refractivity contribution in [1.29, 1.82) is 0 Å². The highest BCUT2D eigenvalue weighted by molar-refractivity contribution is 5.80. The molecular formula is C10H17NO5. The van der Waals surface area contributed by atoms with E-state index < -0.39 is 22.8 Å². The Balaban J connectivity index is 2.69. The van der Waals surface area contributed by atoms with Crippen LogP contribution < -0.4 is 0 Å². The van der Waals surface area contributed by atoms with E-state index in [1.165, 1.54) is 6.92 Å². The maximum atomic E-state index is 11.6. The van der Waals surface area contributed by atoms with Gasteiger partial charge in [-0.1, -0.05) is 20.8 Å². The normalized spacial score (nSPS) is 30.2. The monoisotopic (exact) mass is 231 g/mol. The van der Waals surface area contributed by atoms with Crippen LogP contribution in [0.2, 0.25) is 0 Å². The van der Waals surface area contributed by atoms with Gasteiger partial charge in [-0.05, 0) is 6.92 Å². The molecule has 0 spiro atoms.